The molecule has 0 aliphatic heterocycles. The number of ether oxygens (including phenoxy) is 2. The highest BCUT2D eigenvalue weighted by Gasteiger charge is 1.88. The third kappa shape index (κ3) is 9.88. The molecule has 0 amide bonds. The van der Waals surface area contributed by atoms with Gasteiger partial charge in [0, 0.05) is 19.8 Å². The molecule has 0 aliphatic carbocycles. The van der Waals surface area contributed by atoms with Gasteiger partial charge >= 0.3 is 0 Å². The molecule has 2 N–H and O–H groups in total. The lowest BCUT2D eigenvalue weighted by Crippen LogP contribution is -2.80. The first-order chi connectivity index (χ1) is 5.41. The van der Waals surface area contributed by atoms with Gasteiger partial charge in [0.25, 0.3) is 0 Å². The lowest BCUT2D eigenvalue weighted by Gasteiger charge is -2.02. The number of likely N-dealkylation sites (N-methyl/N-ethyl adjacent to an activating group) is 1. The molecule has 0 saturated carbocycles. The Balaban J connectivity index is 2.69. The predicted octanol–water partition coefficient (Wildman–Crippen LogP) is -0.377. The molecule has 0 fully saturated rings. The molecule has 0 spiro atoms. The number of quaternary nitrogens is 1. The highest BCUT2D eigenvalue weighted by Crippen LogP contribution is 1.83. The second-order valence-electron chi connectivity index (χ2n) is 2.36. The molecular weight excluding hydrogens is 142 g/mol. The van der Waals surface area contributed by atoms with Gasteiger partial charge in [0.15, 0.2) is 0 Å². The fourth-order valence-corrected chi connectivity index (χ4v) is 0.711. The topological polar surface area (TPSA) is 35.1 Å². The van der Waals surface area contributed by atoms with Crippen LogP contribution in [-0.2, 0) is 9.47 Å². The van der Waals surface area contributed by atoms with E-state index in [9.17, 15) is 0 Å². The van der Waals surface area contributed by atoms with Crippen LogP contribution in [0.3, 0.4) is 0 Å². The van der Waals surface area contributed by atoms with Crippen molar-refractivity contribution in [3.8, 4) is 0 Å². The maximum Gasteiger partial charge on any atom is 0.0991 e. The van der Waals surface area contributed by atoms with Crippen molar-refractivity contribution >= 4 is 0 Å². The molecule has 0 bridgehead atoms. The highest BCUT2D eigenvalue weighted by molar-refractivity contribution is 4.33. The molecule has 11 heavy (non-hydrogen) atoms. The fraction of sp³-hybridized carbons (Fsp3) is 1.00. The normalized spacial score (nSPS) is 10.4. The van der Waals surface area contributed by atoms with Gasteiger partial charge in [-0.1, -0.05) is 0 Å². The van der Waals surface area contributed by atoms with Crippen molar-refractivity contribution in [3.05, 3.63) is 0 Å². The summed E-state index contributed by atoms with van der Waals surface area (Å²) in [6.07, 6.45) is 1.01. The van der Waals surface area contributed by atoms with Gasteiger partial charge in [-0.25, -0.2) is 0 Å². The third-order valence-electron chi connectivity index (χ3n) is 1.33. The molecule has 3 heteroatoms. The second kappa shape index (κ2) is 9.88. The van der Waals surface area contributed by atoms with Crippen molar-refractivity contribution in [2.24, 2.45) is 0 Å². The molecule has 0 unspecified atom stereocenters. The van der Waals surface area contributed by atoms with E-state index >= 15 is 0 Å². The molecule has 3 nitrogen and oxygen atoms in total. The quantitative estimate of drug-likeness (QED) is 0.494. The van der Waals surface area contributed by atoms with E-state index in [1.807, 2.05) is 14.0 Å². The van der Waals surface area contributed by atoms with Crippen molar-refractivity contribution in [2.45, 2.75) is 13.3 Å². The first-order valence-corrected chi connectivity index (χ1v) is 4.35. The van der Waals surface area contributed by atoms with Gasteiger partial charge < -0.3 is 14.8 Å². The summed E-state index contributed by atoms with van der Waals surface area (Å²) >= 11 is 0. The van der Waals surface area contributed by atoms with Crippen LogP contribution in [-0.4, -0.2) is 40.0 Å². The Morgan fingerprint density at radius 1 is 1.09 bits per heavy atom. The molecule has 0 radical (unpaired) electrons. The van der Waals surface area contributed by atoms with Gasteiger partial charge in [-0.05, 0) is 13.3 Å². The Bertz CT molecular complexity index is 61.1. The van der Waals surface area contributed by atoms with E-state index in [4.69, 9.17) is 9.47 Å². The summed E-state index contributed by atoms with van der Waals surface area (Å²) in [7, 11) is 2.05. The van der Waals surface area contributed by atoms with Gasteiger partial charge in [0.2, 0.25) is 0 Å². The lowest BCUT2D eigenvalue weighted by atomic mass is 10.5. The Labute approximate surface area is 69.1 Å². The van der Waals surface area contributed by atoms with E-state index in [-0.39, 0.29) is 0 Å². The average molecular weight is 162 g/mol. The van der Waals surface area contributed by atoms with E-state index in [2.05, 4.69) is 5.32 Å². The van der Waals surface area contributed by atoms with Crippen LogP contribution >= 0.6 is 0 Å². The monoisotopic (exact) mass is 162 g/mol. The van der Waals surface area contributed by atoms with Crippen LogP contribution in [0.1, 0.15) is 13.3 Å². The molecule has 0 aromatic heterocycles. The summed E-state index contributed by atoms with van der Waals surface area (Å²) in [5.41, 5.74) is 0. The van der Waals surface area contributed by atoms with Crippen molar-refractivity contribution in [2.75, 3.05) is 40.0 Å². The molecule has 0 aliphatic rings. The van der Waals surface area contributed by atoms with Crippen LogP contribution in [0.2, 0.25) is 0 Å². The third-order valence-corrected chi connectivity index (χ3v) is 1.33. The van der Waals surface area contributed by atoms with Gasteiger partial charge in [0.05, 0.1) is 20.2 Å². The predicted molar refractivity (Wildman–Crippen MR) is 44.6 cm³/mol. The van der Waals surface area contributed by atoms with Crippen molar-refractivity contribution in [1.82, 2.24) is 0 Å². The Morgan fingerprint density at radius 3 is 2.45 bits per heavy atom. The summed E-state index contributed by atoms with van der Waals surface area (Å²) in [6.45, 7) is 6.37. The molecule has 0 heterocycles. The van der Waals surface area contributed by atoms with Crippen LogP contribution < -0.4 is 5.32 Å². The van der Waals surface area contributed by atoms with Crippen LogP contribution in [0, 0.1) is 0 Å². The van der Waals surface area contributed by atoms with Crippen molar-refractivity contribution in [3.63, 3.8) is 0 Å². The molecule has 0 saturated heterocycles. The van der Waals surface area contributed by atoms with E-state index in [0.29, 0.717) is 0 Å². The SMILES string of the molecule is CCOCCCOCC[NH2+]C. The van der Waals surface area contributed by atoms with Crippen LogP contribution in [0.5, 0.6) is 0 Å². The maximum atomic E-state index is 5.31. The summed E-state index contributed by atoms with van der Waals surface area (Å²) in [6, 6.07) is 0. The van der Waals surface area contributed by atoms with E-state index in [0.717, 1.165) is 39.4 Å². The van der Waals surface area contributed by atoms with Crippen molar-refractivity contribution < 1.29 is 14.8 Å². The molecule has 68 valence electrons. The Hall–Kier alpha value is -0.120. The molecule has 0 rings (SSSR count). The summed E-state index contributed by atoms with van der Waals surface area (Å²) < 4.78 is 10.5. The second-order valence-corrected chi connectivity index (χ2v) is 2.36. The van der Waals surface area contributed by atoms with Gasteiger partial charge in [-0.3, -0.25) is 0 Å². The van der Waals surface area contributed by atoms with Crippen LogP contribution in [0.25, 0.3) is 0 Å². The standard InChI is InChI=1S/C8H19NO2/c1-3-10-6-4-7-11-8-5-9-2/h9H,3-8H2,1-2H3/p+1. The zero-order valence-corrected chi connectivity index (χ0v) is 7.64. The fourth-order valence-electron chi connectivity index (χ4n) is 0.711. The van der Waals surface area contributed by atoms with Crippen LogP contribution in [0.4, 0.5) is 0 Å². The Morgan fingerprint density at radius 2 is 1.82 bits per heavy atom. The zero-order chi connectivity index (χ0) is 8.36. The number of hydrogen-bond donors (Lipinski definition) is 1. The highest BCUT2D eigenvalue weighted by atomic mass is 16.5. The molecule has 0 atom stereocenters. The van der Waals surface area contributed by atoms with E-state index in [1.165, 1.54) is 0 Å². The van der Waals surface area contributed by atoms with E-state index < -0.39 is 0 Å². The zero-order valence-electron chi connectivity index (χ0n) is 7.64. The van der Waals surface area contributed by atoms with Crippen molar-refractivity contribution in [1.29, 1.82) is 0 Å². The van der Waals surface area contributed by atoms with Crippen LogP contribution in [0.15, 0.2) is 0 Å². The summed E-state index contributed by atoms with van der Waals surface area (Å²) in [4.78, 5) is 0. The first kappa shape index (κ1) is 10.9. The van der Waals surface area contributed by atoms with Gasteiger partial charge in [-0.15, -0.1) is 0 Å². The van der Waals surface area contributed by atoms with Gasteiger partial charge in [0.1, 0.15) is 0 Å². The minimum atomic E-state index is 0.808. The summed E-state index contributed by atoms with van der Waals surface area (Å²) in [5.74, 6) is 0. The minimum absolute atomic E-state index is 0.808. The first-order valence-electron chi connectivity index (χ1n) is 4.35. The van der Waals surface area contributed by atoms with Gasteiger partial charge in [-0.2, -0.15) is 0 Å². The lowest BCUT2D eigenvalue weighted by molar-refractivity contribution is -0.628. The van der Waals surface area contributed by atoms with E-state index in [1.54, 1.807) is 0 Å². The number of hydrogen-bond acceptors (Lipinski definition) is 2. The number of nitrogens with two attached hydrogens (primary N) is 1. The summed E-state index contributed by atoms with van der Waals surface area (Å²) in [5, 5.41) is 2.11. The molecular formula is C8H20NO2+. The smallest absolute Gasteiger partial charge is 0.0991 e. The minimum Gasteiger partial charge on any atom is -0.382 e. The Kier molecular flexibility index (Phi) is 9.77. The molecule has 0 aromatic carbocycles. The number of rotatable bonds is 8. The largest absolute Gasteiger partial charge is 0.382 e. The average Bonchev–Trinajstić information content (AvgIpc) is 2.03. The molecule has 0 aromatic rings. The maximum absolute atomic E-state index is 5.31.